The molecule has 150 valence electrons. The number of sulfonamides is 1. The average molecular weight is 396 g/mol. The molecule has 8 heteroatoms. The van der Waals surface area contributed by atoms with Crippen LogP contribution < -0.4 is 4.74 Å². The molecule has 2 saturated heterocycles. The Hall–Kier alpha value is -1.64. The molecule has 1 amide bonds. The van der Waals surface area contributed by atoms with Crippen molar-refractivity contribution in [2.45, 2.75) is 24.7 Å². The largest absolute Gasteiger partial charge is 0.497 e. The molecule has 27 heavy (non-hydrogen) atoms. The second-order valence-corrected chi connectivity index (χ2v) is 9.05. The first kappa shape index (κ1) is 20.1. The maximum atomic E-state index is 12.8. The molecule has 0 N–H and O–H groups in total. The van der Waals surface area contributed by atoms with E-state index in [0.29, 0.717) is 31.7 Å². The van der Waals surface area contributed by atoms with Crippen molar-refractivity contribution in [2.75, 3.05) is 52.9 Å². The van der Waals surface area contributed by atoms with E-state index in [0.717, 1.165) is 32.7 Å². The SMILES string of the molecule is CCN1CCN(C(=O)C2CCN(S(=O)(=O)c3ccc(OC)cc3)CC2)CC1. The number of methoxy groups -OCH3 is 1. The van der Waals surface area contributed by atoms with E-state index in [9.17, 15) is 13.2 Å². The number of likely N-dealkylation sites (N-methyl/N-ethyl adjacent to an activating group) is 1. The fraction of sp³-hybridized carbons (Fsp3) is 0.632. The van der Waals surface area contributed by atoms with Crippen LogP contribution in [0.15, 0.2) is 29.2 Å². The Morgan fingerprint density at radius 2 is 1.63 bits per heavy atom. The molecular weight excluding hydrogens is 366 g/mol. The van der Waals surface area contributed by atoms with Crippen LogP contribution in [0, 0.1) is 5.92 Å². The van der Waals surface area contributed by atoms with Crippen LogP contribution in [0.3, 0.4) is 0 Å². The zero-order chi connectivity index (χ0) is 19.4. The van der Waals surface area contributed by atoms with Crippen molar-refractivity contribution in [3.05, 3.63) is 24.3 Å². The second-order valence-electron chi connectivity index (χ2n) is 7.11. The summed E-state index contributed by atoms with van der Waals surface area (Å²) < 4.78 is 32.2. The van der Waals surface area contributed by atoms with Crippen LogP contribution in [0.1, 0.15) is 19.8 Å². The summed E-state index contributed by atoms with van der Waals surface area (Å²) in [5, 5.41) is 0. The van der Waals surface area contributed by atoms with E-state index in [4.69, 9.17) is 4.74 Å². The van der Waals surface area contributed by atoms with Crippen LogP contribution in [0.2, 0.25) is 0 Å². The van der Waals surface area contributed by atoms with Gasteiger partial charge < -0.3 is 14.5 Å². The zero-order valence-corrected chi connectivity index (χ0v) is 17.0. The minimum absolute atomic E-state index is 0.0690. The number of carbonyl (C=O) groups excluding carboxylic acids is 1. The first-order valence-electron chi connectivity index (χ1n) is 9.61. The monoisotopic (exact) mass is 395 g/mol. The fourth-order valence-corrected chi connectivity index (χ4v) is 5.25. The molecule has 2 fully saturated rings. The van der Waals surface area contributed by atoms with Gasteiger partial charge in [-0.3, -0.25) is 4.79 Å². The third-order valence-electron chi connectivity index (χ3n) is 5.63. The van der Waals surface area contributed by atoms with Gasteiger partial charge in [0.25, 0.3) is 0 Å². The second kappa shape index (κ2) is 8.58. The van der Waals surface area contributed by atoms with E-state index < -0.39 is 10.0 Å². The maximum Gasteiger partial charge on any atom is 0.243 e. The zero-order valence-electron chi connectivity index (χ0n) is 16.1. The summed E-state index contributed by atoms with van der Waals surface area (Å²) >= 11 is 0. The van der Waals surface area contributed by atoms with Gasteiger partial charge in [0.15, 0.2) is 0 Å². The van der Waals surface area contributed by atoms with Crippen LogP contribution in [-0.2, 0) is 14.8 Å². The molecule has 0 unspecified atom stereocenters. The molecule has 0 spiro atoms. The lowest BCUT2D eigenvalue weighted by atomic mass is 9.96. The number of amides is 1. The number of carbonyl (C=O) groups is 1. The summed E-state index contributed by atoms with van der Waals surface area (Å²) in [6.45, 7) is 7.33. The quantitative estimate of drug-likeness (QED) is 0.751. The molecule has 0 saturated carbocycles. The Labute approximate surface area is 161 Å². The lowest BCUT2D eigenvalue weighted by Gasteiger charge is -2.38. The number of rotatable bonds is 5. The van der Waals surface area contributed by atoms with Crippen molar-refractivity contribution in [3.63, 3.8) is 0 Å². The highest BCUT2D eigenvalue weighted by Gasteiger charge is 2.34. The number of piperidine rings is 1. The van der Waals surface area contributed by atoms with Crippen molar-refractivity contribution in [3.8, 4) is 5.75 Å². The van der Waals surface area contributed by atoms with Gasteiger partial charge in [0.2, 0.25) is 15.9 Å². The molecule has 0 aromatic heterocycles. The number of hydrogen-bond acceptors (Lipinski definition) is 5. The van der Waals surface area contributed by atoms with Crippen LogP contribution in [0.25, 0.3) is 0 Å². The van der Waals surface area contributed by atoms with Gasteiger partial charge in [-0.2, -0.15) is 4.31 Å². The summed E-state index contributed by atoms with van der Waals surface area (Å²) in [7, 11) is -1.98. The topological polar surface area (TPSA) is 70.2 Å². The van der Waals surface area contributed by atoms with E-state index in [1.165, 1.54) is 4.31 Å². The summed E-state index contributed by atoms with van der Waals surface area (Å²) in [5.41, 5.74) is 0. The molecule has 0 atom stereocenters. The standard InChI is InChI=1S/C19H29N3O4S/c1-3-20-12-14-21(15-13-20)19(23)16-8-10-22(11-9-16)27(24,25)18-6-4-17(26-2)5-7-18/h4-7,16H,3,8-15H2,1-2H3. The lowest BCUT2D eigenvalue weighted by molar-refractivity contribution is -0.138. The molecule has 1 aromatic rings. The van der Waals surface area contributed by atoms with E-state index in [2.05, 4.69) is 11.8 Å². The first-order valence-corrected chi connectivity index (χ1v) is 11.0. The molecule has 1 aromatic carbocycles. The number of hydrogen-bond donors (Lipinski definition) is 0. The molecule has 2 heterocycles. The van der Waals surface area contributed by atoms with Gasteiger partial charge in [0, 0.05) is 45.2 Å². The van der Waals surface area contributed by atoms with Gasteiger partial charge >= 0.3 is 0 Å². The third-order valence-corrected chi connectivity index (χ3v) is 7.54. The molecule has 0 radical (unpaired) electrons. The molecular formula is C19H29N3O4S. The van der Waals surface area contributed by atoms with E-state index in [-0.39, 0.29) is 16.7 Å². The van der Waals surface area contributed by atoms with E-state index in [1.54, 1.807) is 31.4 Å². The summed E-state index contributed by atoms with van der Waals surface area (Å²) in [4.78, 5) is 17.3. The predicted octanol–water partition coefficient (Wildman–Crippen LogP) is 1.26. The summed E-state index contributed by atoms with van der Waals surface area (Å²) in [6, 6.07) is 6.44. The molecule has 2 aliphatic rings. The van der Waals surface area contributed by atoms with Crippen LogP contribution in [-0.4, -0.2) is 81.4 Å². The summed E-state index contributed by atoms with van der Waals surface area (Å²) in [6.07, 6.45) is 1.17. The minimum Gasteiger partial charge on any atom is -0.497 e. The molecule has 0 aliphatic carbocycles. The van der Waals surface area contributed by atoms with Crippen LogP contribution >= 0.6 is 0 Å². The Kier molecular flexibility index (Phi) is 6.39. The van der Waals surface area contributed by atoms with Gasteiger partial charge in [-0.1, -0.05) is 6.92 Å². The minimum atomic E-state index is -3.53. The van der Waals surface area contributed by atoms with Crippen molar-refractivity contribution >= 4 is 15.9 Å². The Bertz CT molecular complexity index is 735. The van der Waals surface area contributed by atoms with Crippen molar-refractivity contribution in [1.29, 1.82) is 0 Å². The first-order chi connectivity index (χ1) is 13.0. The molecule has 7 nitrogen and oxygen atoms in total. The highest BCUT2D eigenvalue weighted by atomic mass is 32.2. The number of piperazine rings is 1. The van der Waals surface area contributed by atoms with Gasteiger partial charge in [-0.05, 0) is 43.7 Å². The Balaban J connectivity index is 1.57. The van der Waals surface area contributed by atoms with E-state index in [1.807, 2.05) is 4.90 Å². The van der Waals surface area contributed by atoms with Crippen molar-refractivity contribution in [1.82, 2.24) is 14.1 Å². The predicted molar refractivity (Wildman–Crippen MR) is 103 cm³/mol. The molecule has 2 aliphatic heterocycles. The summed E-state index contributed by atoms with van der Waals surface area (Å²) in [5.74, 6) is 0.745. The maximum absolute atomic E-state index is 12.8. The van der Waals surface area contributed by atoms with Crippen molar-refractivity contribution in [2.24, 2.45) is 5.92 Å². The average Bonchev–Trinajstić information content (AvgIpc) is 2.73. The van der Waals surface area contributed by atoms with Gasteiger partial charge in [0.05, 0.1) is 12.0 Å². The van der Waals surface area contributed by atoms with Gasteiger partial charge in [-0.15, -0.1) is 0 Å². The van der Waals surface area contributed by atoms with E-state index >= 15 is 0 Å². The number of ether oxygens (including phenoxy) is 1. The molecule has 0 bridgehead atoms. The van der Waals surface area contributed by atoms with Crippen LogP contribution in [0.5, 0.6) is 5.75 Å². The van der Waals surface area contributed by atoms with Gasteiger partial charge in [-0.25, -0.2) is 8.42 Å². The van der Waals surface area contributed by atoms with Crippen LogP contribution in [0.4, 0.5) is 0 Å². The molecule has 3 rings (SSSR count). The fourth-order valence-electron chi connectivity index (χ4n) is 3.78. The smallest absolute Gasteiger partial charge is 0.243 e. The Morgan fingerprint density at radius 1 is 1.04 bits per heavy atom. The van der Waals surface area contributed by atoms with Crippen molar-refractivity contribution < 1.29 is 17.9 Å². The Morgan fingerprint density at radius 3 is 2.15 bits per heavy atom. The highest BCUT2D eigenvalue weighted by molar-refractivity contribution is 7.89. The van der Waals surface area contributed by atoms with Gasteiger partial charge in [0.1, 0.15) is 5.75 Å². The third kappa shape index (κ3) is 4.44. The number of benzene rings is 1. The normalized spacial score (nSPS) is 20.6. The lowest BCUT2D eigenvalue weighted by Crippen LogP contribution is -2.51. The number of nitrogens with zero attached hydrogens (tertiary/aromatic N) is 3. The highest BCUT2D eigenvalue weighted by Crippen LogP contribution is 2.26.